The van der Waals surface area contributed by atoms with Crippen LogP contribution in [0, 0.1) is 13.8 Å². The van der Waals surface area contributed by atoms with E-state index in [9.17, 15) is 0 Å². The molecule has 30 heavy (non-hydrogen) atoms. The van der Waals surface area contributed by atoms with Crippen LogP contribution in [-0.2, 0) is 7.05 Å². The molecule has 1 aliphatic heterocycles. The van der Waals surface area contributed by atoms with E-state index in [2.05, 4.69) is 96.8 Å². The van der Waals surface area contributed by atoms with Gasteiger partial charge in [0.1, 0.15) is 5.66 Å². The van der Waals surface area contributed by atoms with Crippen molar-refractivity contribution in [1.29, 1.82) is 0 Å². The molecular formula is C25H25BN3O+. The van der Waals surface area contributed by atoms with Gasteiger partial charge in [0.25, 0.3) is 5.82 Å². The first kappa shape index (κ1) is 18.7. The third-order valence-corrected chi connectivity index (χ3v) is 6.04. The molecule has 0 atom stereocenters. The average Bonchev–Trinajstić information content (AvgIpc) is 3.08. The van der Waals surface area contributed by atoms with Crippen LogP contribution in [0.15, 0.2) is 64.8 Å². The number of pyridine rings is 2. The third-order valence-electron chi connectivity index (χ3n) is 6.04. The highest BCUT2D eigenvalue weighted by atomic mass is 16.3. The van der Waals surface area contributed by atoms with Gasteiger partial charge in [0.2, 0.25) is 5.71 Å². The minimum atomic E-state index is 0.0667. The lowest BCUT2D eigenvalue weighted by molar-refractivity contribution is -0.658. The van der Waals surface area contributed by atoms with E-state index in [1.807, 2.05) is 13.0 Å². The van der Waals surface area contributed by atoms with Crippen LogP contribution in [0.4, 0.5) is 5.82 Å². The molecule has 1 aromatic carbocycles. The van der Waals surface area contributed by atoms with Crippen LogP contribution in [0.1, 0.15) is 23.7 Å². The summed E-state index contributed by atoms with van der Waals surface area (Å²) in [5, 5.41) is 1.08. The monoisotopic (exact) mass is 394 g/mol. The van der Waals surface area contributed by atoms with Crippen molar-refractivity contribution in [2.75, 3.05) is 4.81 Å². The molecule has 0 amide bonds. The van der Waals surface area contributed by atoms with Crippen molar-refractivity contribution in [3.05, 3.63) is 77.2 Å². The van der Waals surface area contributed by atoms with Crippen LogP contribution in [-0.4, -0.2) is 11.8 Å². The summed E-state index contributed by atoms with van der Waals surface area (Å²) in [4.78, 5) is 6.95. The Balaban J connectivity index is 1.66. The highest BCUT2D eigenvalue weighted by molar-refractivity contribution is 6.76. The quantitative estimate of drug-likeness (QED) is 0.367. The number of aryl methyl sites for hydroxylation is 3. The van der Waals surface area contributed by atoms with Crippen LogP contribution in [0.25, 0.3) is 28.3 Å². The van der Waals surface area contributed by atoms with Crippen molar-refractivity contribution < 1.29 is 8.98 Å². The smallest absolute Gasteiger partial charge is 0.447 e. The standard InChI is InChI=1S/C25H25BN3O/c1-16-15-28(5)23(14-21(16)19-9-7-6-8-10-19)29-18(3)13-22-20-12-11-17(2)27-25(20)30-24(22)26(29)4/h6-15H,1-5H3/q+1. The van der Waals surface area contributed by atoms with Crippen LogP contribution in [0.5, 0.6) is 0 Å². The first-order valence-electron chi connectivity index (χ1n) is 10.4. The zero-order valence-electron chi connectivity index (χ0n) is 18.1. The summed E-state index contributed by atoms with van der Waals surface area (Å²) >= 11 is 0. The normalized spacial score (nSPS) is 13.6. The van der Waals surface area contributed by atoms with Crippen LogP contribution in [0.3, 0.4) is 0 Å². The lowest BCUT2D eigenvalue weighted by atomic mass is 9.57. The topological polar surface area (TPSA) is 33.2 Å². The van der Waals surface area contributed by atoms with E-state index in [0.717, 1.165) is 33.8 Å². The number of allylic oxidation sites excluding steroid dienone is 1. The van der Waals surface area contributed by atoms with Crippen molar-refractivity contribution in [2.24, 2.45) is 7.05 Å². The number of benzene rings is 1. The Bertz CT molecular complexity index is 1310. The first-order chi connectivity index (χ1) is 14.4. The SMILES string of the molecule is CB1c2oc3nc(C)ccc3c2C=C(C)N1c1cc(-c2ccccc2)c(C)c[n+]1C. The van der Waals surface area contributed by atoms with Gasteiger partial charge in [-0.1, -0.05) is 30.3 Å². The summed E-state index contributed by atoms with van der Waals surface area (Å²) in [7, 11) is 2.11. The average molecular weight is 394 g/mol. The number of anilines is 1. The maximum Gasteiger partial charge on any atom is 0.447 e. The predicted molar refractivity (Wildman–Crippen MR) is 124 cm³/mol. The zero-order valence-corrected chi connectivity index (χ0v) is 18.1. The predicted octanol–water partition coefficient (Wildman–Crippen LogP) is 4.65. The molecule has 0 bridgehead atoms. The van der Waals surface area contributed by atoms with Crippen LogP contribution < -0.4 is 15.0 Å². The van der Waals surface area contributed by atoms with Gasteiger partial charge in [-0.15, -0.1) is 0 Å². The van der Waals surface area contributed by atoms with Crippen molar-refractivity contribution >= 4 is 35.5 Å². The van der Waals surface area contributed by atoms with Crippen molar-refractivity contribution in [3.63, 3.8) is 0 Å². The summed E-state index contributed by atoms with van der Waals surface area (Å²) in [5.74, 6) is 1.14. The highest BCUT2D eigenvalue weighted by Gasteiger charge is 2.41. The van der Waals surface area contributed by atoms with Crippen molar-refractivity contribution in [3.8, 4) is 11.1 Å². The molecule has 0 spiro atoms. The Kier molecular flexibility index (Phi) is 4.28. The molecule has 0 fully saturated rings. The minimum Gasteiger partial charge on any atom is -0.447 e. The molecule has 1 aliphatic rings. The summed E-state index contributed by atoms with van der Waals surface area (Å²) in [6, 6.07) is 17.0. The Labute approximate surface area is 177 Å². The highest BCUT2D eigenvalue weighted by Crippen LogP contribution is 2.32. The largest absolute Gasteiger partial charge is 0.447 e. The van der Waals surface area contributed by atoms with E-state index in [4.69, 9.17) is 4.42 Å². The Morgan fingerprint density at radius 2 is 1.80 bits per heavy atom. The molecule has 5 heteroatoms. The van der Waals surface area contributed by atoms with Crippen LogP contribution >= 0.6 is 0 Å². The van der Waals surface area contributed by atoms with Gasteiger partial charge in [0.05, 0.1) is 18.9 Å². The van der Waals surface area contributed by atoms with E-state index in [0.29, 0.717) is 0 Å². The van der Waals surface area contributed by atoms with E-state index in [1.54, 1.807) is 0 Å². The summed E-state index contributed by atoms with van der Waals surface area (Å²) in [6.45, 7) is 8.60. The van der Waals surface area contributed by atoms with Crippen molar-refractivity contribution in [2.45, 2.75) is 27.6 Å². The lowest BCUT2D eigenvalue weighted by Crippen LogP contribution is -2.52. The van der Waals surface area contributed by atoms with Gasteiger partial charge in [-0.05, 0) is 62.5 Å². The molecule has 0 N–H and O–H groups in total. The molecule has 0 unspecified atom stereocenters. The molecule has 4 nitrogen and oxygen atoms in total. The number of aromatic nitrogens is 2. The number of rotatable bonds is 2. The lowest BCUT2D eigenvalue weighted by Gasteiger charge is -2.26. The molecule has 4 heterocycles. The molecule has 5 rings (SSSR count). The second-order valence-corrected chi connectivity index (χ2v) is 8.22. The van der Waals surface area contributed by atoms with E-state index in [1.165, 1.54) is 22.4 Å². The maximum absolute atomic E-state index is 6.26. The number of hydrogen-bond donors (Lipinski definition) is 0. The fourth-order valence-electron chi connectivity index (χ4n) is 4.59. The van der Waals surface area contributed by atoms with Gasteiger partial charge >= 0.3 is 6.85 Å². The third kappa shape index (κ3) is 2.85. The van der Waals surface area contributed by atoms with Gasteiger partial charge < -0.3 is 4.42 Å². The molecule has 3 aromatic heterocycles. The second kappa shape index (κ2) is 6.87. The Morgan fingerprint density at radius 3 is 2.57 bits per heavy atom. The molecule has 0 radical (unpaired) electrons. The minimum absolute atomic E-state index is 0.0667. The fraction of sp³-hybridized carbons (Fsp3) is 0.200. The van der Waals surface area contributed by atoms with Crippen LogP contribution in [0.2, 0.25) is 6.82 Å². The van der Waals surface area contributed by atoms with Gasteiger partial charge in [-0.25, -0.2) is 9.55 Å². The first-order valence-corrected chi connectivity index (χ1v) is 10.4. The molecule has 148 valence electrons. The number of furan rings is 1. The number of hydrogen-bond acceptors (Lipinski definition) is 3. The molecule has 0 saturated heterocycles. The molecule has 0 aliphatic carbocycles. The Hall–Kier alpha value is -3.34. The summed E-state index contributed by atoms with van der Waals surface area (Å²) in [5.41, 5.74) is 8.72. The zero-order chi connectivity index (χ0) is 21.0. The van der Waals surface area contributed by atoms with Gasteiger partial charge in [0.15, 0.2) is 0 Å². The maximum atomic E-state index is 6.26. The fourth-order valence-corrected chi connectivity index (χ4v) is 4.59. The van der Waals surface area contributed by atoms with E-state index in [-0.39, 0.29) is 6.85 Å². The van der Waals surface area contributed by atoms with E-state index < -0.39 is 0 Å². The number of nitrogens with zero attached hydrogens (tertiary/aromatic N) is 3. The summed E-state index contributed by atoms with van der Waals surface area (Å²) < 4.78 is 8.46. The summed E-state index contributed by atoms with van der Waals surface area (Å²) in [6.07, 6.45) is 4.43. The van der Waals surface area contributed by atoms with E-state index >= 15 is 0 Å². The van der Waals surface area contributed by atoms with Gasteiger partial charge in [0, 0.05) is 22.7 Å². The van der Waals surface area contributed by atoms with Gasteiger partial charge in [-0.3, -0.25) is 4.81 Å². The second-order valence-electron chi connectivity index (χ2n) is 8.22. The molecule has 4 aromatic rings. The molecular weight excluding hydrogens is 369 g/mol. The van der Waals surface area contributed by atoms with Crippen molar-refractivity contribution in [1.82, 2.24) is 4.98 Å². The van der Waals surface area contributed by atoms with Gasteiger partial charge in [-0.2, -0.15) is 0 Å². The Morgan fingerprint density at radius 1 is 1.03 bits per heavy atom. The molecule has 0 saturated carbocycles. The number of fused-ring (bicyclic) bond motifs is 3.